The minimum atomic E-state index is -0.309. The topological polar surface area (TPSA) is 91.4 Å². The average molecular weight is 410 g/mol. The lowest BCUT2D eigenvalue weighted by molar-refractivity contribution is 0.0996. The summed E-state index contributed by atoms with van der Waals surface area (Å²) in [5.41, 5.74) is 1.43. The molecule has 1 aromatic carbocycles. The molecule has 148 valence electrons. The Morgan fingerprint density at radius 1 is 1.17 bits per heavy atom. The van der Waals surface area contributed by atoms with Gasteiger partial charge in [-0.25, -0.2) is 4.68 Å². The van der Waals surface area contributed by atoms with Crippen molar-refractivity contribution < 1.29 is 18.7 Å². The van der Waals surface area contributed by atoms with Crippen molar-refractivity contribution in [1.29, 1.82) is 0 Å². The molecule has 29 heavy (non-hydrogen) atoms. The Bertz CT molecular complexity index is 1060. The van der Waals surface area contributed by atoms with Crippen molar-refractivity contribution in [3.8, 4) is 22.4 Å². The molecule has 0 radical (unpaired) electrons. The van der Waals surface area contributed by atoms with Gasteiger partial charge in [0.2, 0.25) is 0 Å². The van der Waals surface area contributed by atoms with Gasteiger partial charge in [-0.2, -0.15) is 4.98 Å². The molecule has 3 heterocycles. The van der Waals surface area contributed by atoms with E-state index >= 15 is 0 Å². The Kier molecular flexibility index (Phi) is 5.68. The Balaban J connectivity index is 1.57. The number of nitrogens with one attached hydrogen (secondary N) is 1. The Hall–Kier alpha value is -3.43. The van der Waals surface area contributed by atoms with Crippen LogP contribution in [0.15, 0.2) is 64.6 Å². The van der Waals surface area contributed by atoms with Gasteiger partial charge in [-0.15, -0.1) is 16.4 Å². The third kappa shape index (κ3) is 4.36. The number of rotatable bonds is 8. The lowest BCUT2D eigenvalue weighted by atomic mass is 10.2. The Morgan fingerprint density at radius 2 is 2.03 bits per heavy atom. The largest absolute Gasteiger partial charge is 0.460 e. The molecule has 0 aliphatic carbocycles. The number of thiophene rings is 1. The number of carbonyl (C=O) groups excluding carboxylic acids is 1. The highest BCUT2D eigenvalue weighted by atomic mass is 32.1. The molecule has 0 aliphatic rings. The maximum atomic E-state index is 12.1. The van der Waals surface area contributed by atoms with Crippen LogP contribution in [0.1, 0.15) is 10.6 Å². The van der Waals surface area contributed by atoms with Crippen molar-refractivity contribution in [2.24, 2.45) is 0 Å². The molecule has 4 rings (SSSR count). The summed E-state index contributed by atoms with van der Waals surface area (Å²) in [7, 11) is 1.61. The van der Waals surface area contributed by atoms with Gasteiger partial charge in [0, 0.05) is 12.8 Å². The number of nitrogens with zero attached hydrogens (tertiary/aromatic N) is 3. The quantitative estimate of drug-likeness (QED) is 0.444. The molecule has 0 saturated heterocycles. The van der Waals surface area contributed by atoms with Gasteiger partial charge in [0.05, 0.1) is 23.4 Å². The molecular formula is C20H18N4O4S. The third-order valence-electron chi connectivity index (χ3n) is 3.96. The molecule has 0 aliphatic heterocycles. The van der Waals surface area contributed by atoms with Crippen molar-refractivity contribution in [3.63, 3.8) is 0 Å². The molecule has 0 unspecified atom stereocenters. The van der Waals surface area contributed by atoms with E-state index in [1.807, 2.05) is 29.6 Å². The summed E-state index contributed by atoms with van der Waals surface area (Å²) in [6, 6.07) is 14.8. The highest BCUT2D eigenvalue weighted by Gasteiger charge is 2.16. The number of methoxy groups -OCH3 is 1. The summed E-state index contributed by atoms with van der Waals surface area (Å²) < 4.78 is 17.4. The van der Waals surface area contributed by atoms with Crippen LogP contribution >= 0.6 is 11.3 Å². The number of benzene rings is 1. The van der Waals surface area contributed by atoms with E-state index in [4.69, 9.17) is 13.9 Å². The molecule has 0 fully saturated rings. The van der Waals surface area contributed by atoms with E-state index in [2.05, 4.69) is 15.4 Å². The summed E-state index contributed by atoms with van der Waals surface area (Å²) in [6.45, 7) is 0.815. The number of aromatic nitrogens is 3. The van der Waals surface area contributed by atoms with Crippen LogP contribution < -0.4 is 10.1 Å². The van der Waals surface area contributed by atoms with Crippen LogP contribution in [0.25, 0.3) is 16.4 Å². The number of carbonyl (C=O) groups is 1. The Morgan fingerprint density at radius 3 is 2.72 bits per heavy atom. The predicted octanol–water partition coefficient (Wildman–Crippen LogP) is 3.87. The van der Waals surface area contributed by atoms with Crippen LogP contribution in [0.4, 0.5) is 5.69 Å². The summed E-state index contributed by atoms with van der Waals surface area (Å²) in [5, 5.41) is 9.24. The average Bonchev–Trinajstić information content (AvgIpc) is 3.49. The fourth-order valence-corrected chi connectivity index (χ4v) is 3.30. The summed E-state index contributed by atoms with van der Waals surface area (Å²) >= 11 is 1.57. The normalized spacial score (nSPS) is 10.8. The second-order valence-electron chi connectivity index (χ2n) is 5.93. The van der Waals surface area contributed by atoms with E-state index in [-0.39, 0.29) is 17.7 Å². The number of anilines is 1. The monoisotopic (exact) mass is 410 g/mol. The maximum Gasteiger partial charge on any atom is 0.336 e. The number of furan rings is 1. The van der Waals surface area contributed by atoms with Gasteiger partial charge in [-0.3, -0.25) is 4.79 Å². The zero-order chi connectivity index (χ0) is 20.1. The van der Waals surface area contributed by atoms with E-state index in [0.717, 1.165) is 10.6 Å². The molecule has 0 spiro atoms. The van der Waals surface area contributed by atoms with E-state index in [1.54, 1.807) is 47.4 Å². The van der Waals surface area contributed by atoms with Crippen molar-refractivity contribution >= 4 is 22.9 Å². The first-order valence-corrected chi connectivity index (χ1v) is 9.70. The van der Waals surface area contributed by atoms with Crippen LogP contribution in [-0.4, -0.2) is 41.0 Å². The maximum absolute atomic E-state index is 12.1. The first-order chi connectivity index (χ1) is 14.2. The van der Waals surface area contributed by atoms with E-state index < -0.39 is 0 Å². The van der Waals surface area contributed by atoms with Gasteiger partial charge in [-0.05, 0) is 47.8 Å². The first kappa shape index (κ1) is 18.9. The number of hydrogen-bond donors (Lipinski definition) is 1. The standard InChI is InChI=1S/C20H18N4O4S/c1-26-11-12-28-20-22-18(17-5-3-13-29-17)24(23-20)15-8-6-14(7-9-15)21-19(25)16-4-2-10-27-16/h2-10,13H,11-12H2,1H3,(H,21,25). The second-order valence-corrected chi connectivity index (χ2v) is 6.87. The molecule has 0 bridgehead atoms. The molecule has 0 saturated carbocycles. The van der Waals surface area contributed by atoms with Crippen LogP contribution in [0, 0.1) is 0 Å². The fourth-order valence-electron chi connectivity index (χ4n) is 2.60. The number of hydrogen-bond acceptors (Lipinski definition) is 7. The second kappa shape index (κ2) is 8.72. The van der Waals surface area contributed by atoms with Crippen molar-refractivity contribution in [2.75, 3.05) is 25.6 Å². The third-order valence-corrected chi connectivity index (χ3v) is 4.83. The lowest BCUT2D eigenvalue weighted by Gasteiger charge is -2.07. The zero-order valence-electron chi connectivity index (χ0n) is 15.6. The van der Waals surface area contributed by atoms with Gasteiger partial charge in [0.1, 0.15) is 6.61 Å². The SMILES string of the molecule is COCCOc1nc(-c2cccs2)n(-c2ccc(NC(=O)c3ccco3)cc2)n1. The van der Waals surface area contributed by atoms with E-state index in [1.165, 1.54) is 6.26 Å². The molecule has 0 atom stereocenters. The minimum Gasteiger partial charge on any atom is -0.460 e. The lowest BCUT2D eigenvalue weighted by Crippen LogP contribution is -2.10. The van der Waals surface area contributed by atoms with E-state index in [9.17, 15) is 4.79 Å². The summed E-state index contributed by atoms with van der Waals surface area (Å²) in [6.07, 6.45) is 1.46. The Labute approximate surface area is 170 Å². The van der Waals surface area contributed by atoms with Crippen molar-refractivity contribution in [1.82, 2.24) is 14.8 Å². The number of ether oxygens (including phenoxy) is 2. The minimum absolute atomic E-state index is 0.253. The molecule has 1 N–H and O–H groups in total. The summed E-state index contributed by atoms with van der Waals surface area (Å²) in [4.78, 5) is 17.6. The number of amides is 1. The van der Waals surface area contributed by atoms with Crippen LogP contribution in [-0.2, 0) is 4.74 Å². The highest BCUT2D eigenvalue weighted by Crippen LogP contribution is 2.27. The molecule has 9 heteroatoms. The van der Waals surface area contributed by atoms with Gasteiger partial charge < -0.3 is 19.2 Å². The molecule has 3 aromatic heterocycles. The van der Waals surface area contributed by atoms with Crippen LogP contribution in [0.2, 0.25) is 0 Å². The van der Waals surface area contributed by atoms with Crippen molar-refractivity contribution in [2.45, 2.75) is 0 Å². The van der Waals surface area contributed by atoms with Gasteiger partial charge in [-0.1, -0.05) is 6.07 Å². The molecule has 8 nitrogen and oxygen atoms in total. The van der Waals surface area contributed by atoms with Crippen molar-refractivity contribution in [3.05, 3.63) is 65.9 Å². The molecule has 4 aromatic rings. The highest BCUT2D eigenvalue weighted by molar-refractivity contribution is 7.13. The smallest absolute Gasteiger partial charge is 0.336 e. The molecular weight excluding hydrogens is 392 g/mol. The zero-order valence-corrected chi connectivity index (χ0v) is 16.4. The first-order valence-electron chi connectivity index (χ1n) is 8.82. The summed E-state index contributed by atoms with van der Waals surface area (Å²) in [5.74, 6) is 0.625. The van der Waals surface area contributed by atoms with Gasteiger partial charge in [0.15, 0.2) is 11.6 Å². The van der Waals surface area contributed by atoms with Gasteiger partial charge in [0.25, 0.3) is 5.91 Å². The van der Waals surface area contributed by atoms with Crippen LogP contribution in [0.3, 0.4) is 0 Å². The molecule has 1 amide bonds. The van der Waals surface area contributed by atoms with E-state index in [0.29, 0.717) is 24.7 Å². The van der Waals surface area contributed by atoms with Crippen LogP contribution in [0.5, 0.6) is 6.01 Å². The van der Waals surface area contributed by atoms with Gasteiger partial charge >= 0.3 is 6.01 Å². The predicted molar refractivity (Wildman–Crippen MR) is 109 cm³/mol. The fraction of sp³-hybridized carbons (Fsp3) is 0.150.